The molecule has 0 bridgehead atoms. The van der Waals surface area contributed by atoms with E-state index in [2.05, 4.69) is 40.1 Å². The molecule has 27 heavy (non-hydrogen) atoms. The van der Waals surface area contributed by atoms with Crippen molar-refractivity contribution in [3.63, 3.8) is 0 Å². The average Bonchev–Trinajstić information content (AvgIpc) is 2.61. The molecule has 0 spiro atoms. The van der Waals surface area contributed by atoms with Gasteiger partial charge in [0.05, 0.1) is 12.1 Å². The van der Waals surface area contributed by atoms with E-state index in [4.69, 9.17) is 11.6 Å². The van der Waals surface area contributed by atoms with Gasteiger partial charge in [0.25, 0.3) is 0 Å². The van der Waals surface area contributed by atoms with Gasteiger partial charge < -0.3 is 10.2 Å². The molecule has 0 atom stereocenters. The zero-order chi connectivity index (χ0) is 19.4. The Kier molecular flexibility index (Phi) is 6.34. The molecular formula is C21H21BrClN3O. The Morgan fingerprint density at radius 1 is 1.19 bits per heavy atom. The number of hydrogen-bond acceptors (Lipinski definition) is 2. The van der Waals surface area contributed by atoms with Crippen LogP contribution in [0.2, 0.25) is 5.15 Å². The number of nitrogens with one attached hydrogen (secondary N) is 1. The highest BCUT2D eigenvalue weighted by molar-refractivity contribution is 9.10. The van der Waals surface area contributed by atoms with Crippen molar-refractivity contribution in [2.24, 2.45) is 5.92 Å². The van der Waals surface area contributed by atoms with Crippen molar-refractivity contribution in [3.05, 3.63) is 69.8 Å². The minimum atomic E-state index is -0.161. The van der Waals surface area contributed by atoms with E-state index in [1.54, 1.807) is 4.90 Å². The maximum Gasteiger partial charge on any atom is 0.322 e. The molecule has 2 amide bonds. The second-order valence-corrected chi connectivity index (χ2v) is 8.12. The van der Waals surface area contributed by atoms with Crippen LogP contribution in [0.15, 0.2) is 59.1 Å². The van der Waals surface area contributed by atoms with Crippen molar-refractivity contribution >= 4 is 50.2 Å². The molecule has 2 aromatic carbocycles. The Morgan fingerprint density at radius 2 is 1.96 bits per heavy atom. The van der Waals surface area contributed by atoms with E-state index in [0.717, 1.165) is 26.6 Å². The molecule has 0 aliphatic rings. The summed E-state index contributed by atoms with van der Waals surface area (Å²) in [6.45, 7) is 5.18. The SMILES string of the molecule is CC(C)CN(Cc1cc2ccccc2nc1Cl)C(=O)Nc1cccc(Br)c1. The van der Waals surface area contributed by atoms with Crippen LogP contribution in [0, 0.1) is 5.92 Å². The van der Waals surface area contributed by atoms with Gasteiger partial charge in [0.15, 0.2) is 0 Å². The van der Waals surface area contributed by atoms with E-state index in [1.165, 1.54) is 0 Å². The van der Waals surface area contributed by atoms with Crippen molar-refractivity contribution in [2.45, 2.75) is 20.4 Å². The Labute approximate surface area is 172 Å². The number of pyridine rings is 1. The Hall–Kier alpha value is -2.11. The molecule has 0 saturated carbocycles. The monoisotopic (exact) mass is 445 g/mol. The molecule has 0 fully saturated rings. The van der Waals surface area contributed by atoms with Crippen molar-refractivity contribution < 1.29 is 4.79 Å². The molecule has 4 nitrogen and oxygen atoms in total. The summed E-state index contributed by atoms with van der Waals surface area (Å²) in [5.74, 6) is 0.324. The first-order valence-electron chi connectivity index (χ1n) is 8.78. The van der Waals surface area contributed by atoms with Crippen LogP contribution in [0.3, 0.4) is 0 Å². The number of nitrogens with zero attached hydrogens (tertiary/aromatic N) is 2. The molecule has 140 valence electrons. The molecule has 3 aromatic rings. The number of anilines is 1. The van der Waals surface area contributed by atoms with Gasteiger partial charge in [-0.1, -0.05) is 65.6 Å². The van der Waals surface area contributed by atoms with Crippen LogP contribution in [0.5, 0.6) is 0 Å². The van der Waals surface area contributed by atoms with E-state index < -0.39 is 0 Å². The van der Waals surface area contributed by atoms with Crippen LogP contribution < -0.4 is 5.32 Å². The van der Waals surface area contributed by atoms with Gasteiger partial charge in [-0.3, -0.25) is 0 Å². The molecule has 6 heteroatoms. The van der Waals surface area contributed by atoms with Gasteiger partial charge in [0.1, 0.15) is 5.15 Å². The Balaban J connectivity index is 1.84. The highest BCUT2D eigenvalue weighted by Crippen LogP contribution is 2.23. The van der Waals surface area contributed by atoms with Gasteiger partial charge in [-0.15, -0.1) is 0 Å². The molecule has 1 aromatic heterocycles. The number of aromatic nitrogens is 1. The highest BCUT2D eigenvalue weighted by Gasteiger charge is 2.18. The third-order valence-corrected chi connectivity index (χ3v) is 4.88. The summed E-state index contributed by atoms with van der Waals surface area (Å²) in [5.41, 5.74) is 2.42. The van der Waals surface area contributed by atoms with Crippen LogP contribution in [-0.2, 0) is 6.54 Å². The molecule has 0 aliphatic carbocycles. The Bertz CT molecular complexity index is 961. The zero-order valence-corrected chi connectivity index (χ0v) is 17.6. The van der Waals surface area contributed by atoms with Gasteiger partial charge in [0.2, 0.25) is 0 Å². The molecule has 0 radical (unpaired) electrons. The number of rotatable bonds is 5. The van der Waals surface area contributed by atoms with Crippen LogP contribution in [0.25, 0.3) is 10.9 Å². The fourth-order valence-corrected chi connectivity index (χ4v) is 3.49. The summed E-state index contributed by atoms with van der Waals surface area (Å²) in [6.07, 6.45) is 0. The van der Waals surface area contributed by atoms with Gasteiger partial charge in [0, 0.05) is 27.7 Å². The third kappa shape index (κ3) is 5.21. The molecule has 1 heterocycles. The maximum absolute atomic E-state index is 12.9. The third-order valence-electron chi connectivity index (χ3n) is 4.06. The zero-order valence-electron chi connectivity index (χ0n) is 15.2. The van der Waals surface area contributed by atoms with E-state index in [1.807, 2.05) is 54.6 Å². The van der Waals surface area contributed by atoms with Crippen molar-refractivity contribution in [2.75, 3.05) is 11.9 Å². The number of hydrogen-bond donors (Lipinski definition) is 1. The van der Waals surface area contributed by atoms with Crippen LogP contribution in [-0.4, -0.2) is 22.5 Å². The van der Waals surface area contributed by atoms with Gasteiger partial charge in [-0.25, -0.2) is 9.78 Å². The quantitative estimate of drug-likeness (QED) is 0.465. The Morgan fingerprint density at radius 3 is 2.70 bits per heavy atom. The smallest absolute Gasteiger partial charge is 0.320 e. The van der Waals surface area contributed by atoms with Gasteiger partial charge in [-0.05, 0) is 36.2 Å². The molecule has 3 rings (SSSR count). The second-order valence-electron chi connectivity index (χ2n) is 6.85. The first-order chi connectivity index (χ1) is 12.9. The molecular weight excluding hydrogens is 426 g/mol. The van der Waals surface area contributed by atoms with Crippen molar-refractivity contribution in [1.29, 1.82) is 0 Å². The first-order valence-corrected chi connectivity index (χ1v) is 9.95. The van der Waals surface area contributed by atoms with Gasteiger partial charge >= 0.3 is 6.03 Å². The lowest BCUT2D eigenvalue weighted by Gasteiger charge is -2.25. The van der Waals surface area contributed by atoms with E-state index in [-0.39, 0.29) is 6.03 Å². The fourth-order valence-electron chi connectivity index (χ4n) is 2.88. The topological polar surface area (TPSA) is 45.2 Å². The maximum atomic E-state index is 12.9. The lowest BCUT2D eigenvalue weighted by atomic mass is 10.1. The number of benzene rings is 2. The lowest BCUT2D eigenvalue weighted by Crippen LogP contribution is -2.37. The number of para-hydroxylation sites is 1. The summed E-state index contributed by atoms with van der Waals surface area (Å²) >= 11 is 9.82. The van der Waals surface area contributed by atoms with Gasteiger partial charge in [-0.2, -0.15) is 0 Å². The normalized spacial score (nSPS) is 11.0. The predicted octanol–water partition coefficient (Wildman–Crippen LogP) is 6.34. The number of amides is 2. The summed E-state index contributed by atoms with van der Waals surface area (Å²) in [4.78, 5) is 19.1. The van der Waals surface area contributed by atoms with E-state index in [9.17, 15) is 4.79 Å². The fraction of sp³-hybridized carbons (Fsp3) is 0.238. The molecule has 0 saturated heterocycles. The average molecular weight is 447 g/mol. The minimum Gasteiger partial charge on any atom is -0.320 e. The highest BCUT2D eigenvalue weighted by atomic mass is 79.9. The summed E-state index contributed by atoms with van der Waals surface area (Å²) in [6, 6.07) is 17.2. The minimum absolute atomic E-state index is 0.161. The van der Waals surface area contributed by atoms with Crippen LogP contribution in [0.4, 0.5) is 10.5 Å². The number of urea groups is 1. The molecule has 1 N–H and O–H groups in total. The first kappa shape index (κ1) is 19.6. The number of carbonyl (C=O) groups is 1. The second kappa shape index (κ2) is 8.72. The largest absolute Gasteiger partial charge is 0.322 e. The lowest BCUT2D eigenvalue weighted by molar-refractivity contribution is 0.201. The van der Waals surface area contributed by atoms with Crippen LogP contribution in [0.1, 0.15) is 19.4 Å². The number of carbonyl (C=O) groups excluding carboxylic acids is 1. The van der Waals surface area contributed by atoms with E-state index in [0.29, 0.717) is 24.2 Å². The number of fused-ring (bicyclic) bond motifs is 1. The molecule has 0 unspecified atom stereocenters. The predicted molar refractivity (Wildman–Crippen MR) is 115 cm³/mol. The number of halogens is 2. The standard InChI is InChI=1S/C21H21BrClN3O/c1-14(2)12-26(21(27)24-18-8-5-7-17(22)11-18)13-16-10-15-6-3-4-9-19(15)25-20(16)23/h3-11,14H,12-13H2,1-2H3,(H,24,27). The summed E-state index contributed by atoms with van der Waals surface area (Å²) in [7, 11) is 0. The van der Waals surface area contributed by atoms with Crippen molar-refractivity contribution in [3.8, 4) is 0 Å². The molecule has 0 aliphatic heterocycles. The summed E-state index contributed by atoms with van der Waals surface area (Å²) in [5, 5.41) is 4.40. The van der Waals surface area contributed by atoms with Crippen molar-refractivity contribution in [1.82, 2.24) is 9.88 Å². The van der Waals surface area contributed by atoms with Crippen LogP contribution >= 0.6 is 27.5 Å². The summed E-state index contributed by atoms with van der Waals surface area (Å²) < 4.78 is 0.914. The van der Waals surface area contributed by atoms with E-state index >= 15 is 0 Å².